The molecule has 1 aromatic carbocycles. The van der Waals surface area contributed by atoms with E-state index in [0.717, 1.165) is 18.6 Å². The van der Waals surface area contributed by atoms with Crippen LogP contribution < -0.4 is 0 Å². The zero-order valence-corrected chi connectivity index (χ0v) is 9.71. The molecule has 0 aliphatic carbocycles. The van der Waals surface area contributed by atoms with Crippen molar-refractivity contribution >= 4 is 50.1 Å². The van der Waals surface area contributed by atoms with Gasteiger partial charge in [-0.05, 0) is 47.2 Å². The Bertz CT molecular complexity index is 233. The van der Waals surface area contributed by atoms with Crippen molar-refractivity contribution in [2.24, 2.45) is 0 Å². The molecule has 0 fully saturated rings. The van der Waals surface area contributed by atoms with Crippen molar-refractivity contribution in [2.75, 3.05) is 0 Å². The smallest absolute Gasteiger partial charge is 0.0586 e. The molecular weight excluding hydrogens is 326 g/mol. The molecule has 0 aliphatic heterocycles. The molecule has 0 aliphatic rings. The second-order valence-electron chi connectivity index (χ2n) is 1.89. The van der Waals surface area contributed by atoms with Crippen LogP contribution in [0.15, 0.2) is 10.5 Å². The largest absolute Gasteiger partial charge is 0.0828 e. The Morgan fingerprint density at radius 2 is 2.30 bits per heavy atom. The zero-order chi connectivity index (χ0) is 7.72. The first kappa shape index (κ1) is 8.81. The van der Waals surface area contributed by atoms with Crippen LogP contribution in [0.5, 0.6) is 0 Å². The molecule has 10 heavy (non-hydrogen) atoms. The summed E-state index contributed by atoms with van der Waals surface area (Å²) in [6.07, 6.45) is 0. The van der Waals surface area contributed by atoms with Gasteiger partial charge >= 0.3 is 0 Å². The van der Waals surface area contributed by atoms with Gasteiger partial charge in [0.15, 0.2) is 0 Å². The molecular formula is C7H4BrClI. The Balaban J connectivity index is 3.34. The molecule has 0 spiro atoms. The van der Waals surface area contributed by atoms with Crippen LogP contribution >= 0.6 is 50.1 Å². The maximum atomic E-state index is 5.91. The fourth-order valence-corrected chi connectivity index (χ4v) is 1.71. The predicted molar refractivity (Wildman–Crippen MR) is 55.4 cm³/mol. The van der Waals surface area contributed by atoms with Gasteiger partial charge in [0.25, 0.3) is 0 Å². The molecule has 53 valence electrons. The standard InChI is InChI=1S/C7H4BrClI/c1-4-5(8)2-3-6(10)7(4)9/h2H,1H3. The van der Waals surface area contributed by atoms with E-state index in [1.165, 1.54) is 0 Å². The van der Waals surface area contributed by atoms with E-state index in [2.05, 4.69) is 44.6 Å². The highest BCUT2D eigenvalue weighted by molar-refractivity contribution is 14.1. The highest BCUT2D eigenvalue weighted by Gasteiger charge is 2.02. The Morgan fingerprint density at radius 1 is 1.70 bits per heavy atom. The SMILES string of the molecule is Cc1c(Br)c[c]c(I)c1Cl. The highest BCUT2D eigenvalue weighted by atomic mass is 127. The molecule has 0 nitrogen and oxygen atoms in total. The average Bonchev–Trinajstić information content (AvgIpc) is 1.93. The molecule has 0 unspecified atom stereocenters. The van der Waals surface area contributed by atoms with Crippen molar-refractivity contribution < 1.29 is 0 Å². The summed E-state index contributed by atoms with van der Waals surface area (Å²) in [7, 11) is 0. The lowest BCUT2D eigenvalue weighted by molar-refractivity contribution is 1.40. The van der Waals surface area contributed by atoms with Crippen LogP contribution in [0.4, 0.5) is 0 Å². The molecule has 0 saturated carbocycles. The van der Waals surface area contributed by atoms with Gasteiger partial charge in [-0.3, -0.25) is 0 Å². The monoisotopic (exact) mass is 329 g/mol. The van der Waals surface area contributed by atoms with Crippen LogP contribution in [0.25, 0.3) is 0 Å². The van der Waals surface area contributed by atoms with Crippen LogP contribution in [-0.4, -0.2) is 0 Å². The first-order valence-corrected chi connectivity index (χ1v) is 4.89. The summed E-state index contributed by atoms with van der Waals surface area (Å²) in [6.45, 7) is 1.97. The molecule has 3 heteroatoms. The van der Waals surface area contributed by atoms with Gasteiger partial charge in [0.05, 0.1) is 5.02 Å². The minimum Gasteiger partial charge on any atom is -0.0828 e. The first-order chi connectivity index (χ1) is 4.63. The fraction of sp³-hybridized carbons (Fsp3) is 0.143. The molecule has 0 bridgehead atoms. The van der Waals surface area contributed by atoms with E-state index in [1.807, 2.05) is 13.0 Å². The van der Waals surface area contributed by atoms with Gasteiger partial charge in [0.1, 0.15) is 0 Å². The second kappa shape index (κ2) is 3.41. The third kappa shape index (κ3) is 1.66. The lowest BCUT2D eigenvalue weighted by Gasteiger charge is -2.01. The van der Waals surface area contributed by atoms with Gasteiger partial charge in [-0.25, -0.2) is 0 Å². The van der Waals surface area contributed by atoms with Crippen LogP contribution in [-0.2, 0) is 0 Å². The number of hydrogen-bond acceptors (Lipinski definition) is 0. The van der Waals surface area contributed by atoms with Gasteiger partial charge in [0, 0.05) is 8.04 Å². The molecule has 0 amide bonds. The Kier molecular flexibility index (Phi) is 3.01. The van der Waals surface area contributed by atoms with E-state index in [4.69, 9.17) is 11.6 Å². The van der Waals surface area contributed by atoms with Gasteiger partial charge in [-0.1, -0.05) is 27.5 Å². The van der Waals surface area contributed by atoms with E-state index in [9.17, 15) is 0 Å². The van der Waals surface area contributed by atoms with Crippen molar-refractivity contribution in [1.82, 2.24) is 0 Å². The van der Waals surface area contributed by atoms with E-state index in [-0.39, 0.29) is 0 Å². The van der Waals surface area contributed by atoms with Crippen molar-refractivity contribution in [3.63, 3.8) is 0 Å². The highest BCUT2D eigenvalue weighted by Crippen LogP contribution is 2.27. The van der Waals surface area contributed by atoms with Crippen molar-refractivity contribution in [3.05, 3.63) is 30.8 Å². The van der Waals surface area contributed by atoms with Crippen LogP contribution in [0.1, 0.15) is 5.56 Å². The summed E-state index contributed by atoms with van der Waals surface area (Å²) in [6, 6.07) is 4.89. The van der Waals surface area contributed by atoms with Gasteiger partial charge < -0.3 is 0 Å². The molecule has 0 heterocycles. The van der Waals surface area contributed by atoms with Crippen molar-refractivity contribution in [1.29, 1.82) is 0 Å². The number of halogens is 3. The van der Waals surface area contributed by atoms with E-state index in [0.29, 0.717) is 0 Å². The second-order valence-corrected chi connectivity index (χ2v) is 4.20. The van der Waals surface area contributed by atoms with Crippen LogP contribution in [0, 0.1) is 16.6 Å². The summed E-state index contributed by atoms with van der Waals surface area (Å²) in [5.41, 5.74) is 1.07. The minimum absolute atomic E-state index is 0.787. The first-order valence-electron chi connectivity index (χ1n) is 2.64. The lowest BCUT2D eigenvalue weighted by Crippen LogP contribution is -1.81. The quantitative estimate of drug-likeness (QED) is 0.501. The lowest BCUT2D eigenvalue weighted by atomic mass is 10.2. The summed E-state index contributed by atoms with van der Waals surface area (Å²) in [4.78, 5) is 0. The van der Waals surface area contributed by atoms with Gasteiger partial charge in [0.2, 0.25) is 0 Å². The molecule has 0 atom stereocenters. The molecule has 1 rings (SSSR count). The third-order valence-electron chi connectivity index (χ3n) is 1.21. The average molecular weight is 330 g/mol. The van der Waals surface area contributed by atoms with E-state index < -0.39 is 0 Å². The molecule has 0 saturated heterocycles. The van der Waals surface area contributed by atoms with Crippen LogP contribution in [0.3, 0.4) is 0 Å². The maximum Gasteiger partial charge on any atom is 0.0586 e. The Hall–Kier alpha value is 0.720. The zero-order valence-electron chi connectivity index (χ0n) is 5.21. The molecule has 1 radical (unpaired) electrons. The summed E-state index contributed by atoms with van der Waals surface area (Å²) >= 11 is 11.4. The molecule has 0 aromatic heterocycles. The summed E-state index contributed by atoms with van der Waals surface area (Å²) < 4.78 is 1.98. The van der Waals surface area contributed by atoms with Gasteiger partial charge in [-0.15, -0.1) is 0 Å². The number of benzene rings is 1. The Morgan fingerprint density at radius 3 is 2.80 bits per heavy atom. The third-order valence-corrected chi connectivity index (χ3v) is 3.67. The van der Waals surface area contributed by atoms with Crippen molar-refractivity contribution in [3.8, 4) is 0 Å². The maximum absolute atomic E-state index is 5.91. The normalized spacial score (nSPS) is 10.0. The minimum atomic E-state index is 0.787. The van der Waals surface area contributed by atoms with E-state index in [1.54, 1.807) is 0 Å². The fourth-order valence-electron chi connectivity index (χ4n) is 0.568. The predicted octanol–water partition coefficient (Wildman–Crippen LogP) is 3.82. The molecule has 0 N–H and O–H groups in total. The van der Waals surface area contributed by atoms with Crippen LogP contribution in [0.2, 0.25) is 5.02 Å². The van der Waals surface area contributed by atoms with E-state index >= 15 is 0 Å². The number of rotatable bonds is 0. The Labute approximate surface area is 87.2 Å². The topological polar surface area (TPSA) is 0 Å². The van der Waals surface area contributed by atoms with Gasteiger partial charge in [-0.2, -0.15) is 0 Å². The van der Waals surface area contributed by atoms with Crippen molar-refractivity contribution in [2.45, 2.75) is 6.92 Å². The summed E-state index contributed by atoms with van der Waals surface area (Å²) in [5, 5.41) is 0.787. The summed E-state index contributed by atoms with van der Waals surface area (Å²) in [5.74, 6) is 0. The molecule has 1 aromatic rings. The number of hydrogen-bond donors (Lipinski definition) is 0.